The molecule has 1 rings (SSSR count). The Balaban J connectivity index is 3.33. The molecule has 0 aromatic heterocycles. The predicted molar refractivity (Wildman–Crippen MR) is 53.4 cm³/mol. The number of nitrogens with zero attached hydrogens (tertiary/aromatic N) is 1. The van der Waals surface area contributed by atoms with E-state index in [1.54, 1.807) is 19.9 Å². The minimum Gasteiger partial charge on any atom is -0.487 e. The van der Waals surface area contributed by atoms with E-state index >= 15 is 0 Å². The monoisotopic (exact) mass is 196 g/mol. The maximum Gasteiger partial charge on any atom is 0.333 e. The molecule has 0 fully saturated rings. The largest absolute Gasteiger partial charge is 0.487 e. The van der Waals surface area contributed by atoms with Crippen LogP contribution in [0.4, 0.5) is 11.4 Å². The van der Waals surface area contributed by atoms with Gasteiger partial charge in [-0.25, -0.2) is 0 Å². The first-order chi connectivity index (χ1) is 6.57. The number of ether oxygens (including phenoxy) is 1. The summed E-state index contributed by atoms with van der Waals surface area (Å²) in [4.78, 5) is 10.2. The van der Waals surface area contributed by atoms with Crippen molar-refractivity contribution in [3.63, 3.8) is 0 Å². The average Bonchev–Trinajstić information content (AvgIpc) is 2.11. The number of rotatable bonds is 3. The van der Waals surface area contributed by atoms with Gasteiger partial charge in [0.25, 0.3) is 0 Å². The molecule has 5 heteroatoms. The number of hydrogen-bond acceptors (Lipinski definition) is 4. The maximum absolute atomic E-state index is 10.7. The molecule has 1 aromatic carbocycles. The molecule has 0 radical (unpaired) electrons. The smallest absolute Gasteiger partial charge is 0.333 e. The van der Waals surface area contributed by atoms with Crippen LogP contribution >= 0.6 is 0 Å². The molecule has 0 heterocycles. The van der Waals surface area contributed by atoms with Crippen molar-refractivity contribution in [2.45, 2.75) is 13.8 Å². The number of aryl methyl sites for hydroxylation is 1. The first-order valence-corrected chi connectivity index (χ1v) is 4.24. The molecule has 0 unspecified atom stereocenters. The molecular formula is C9H12N2O3. The fourth-order valence-electron chi connectivity index (χ4n) is 1.20. The lowest BCUT2D eigenvalue weighted by Gasteiger charge is -2.08. The summed E-state index contributed by atoms with van der Waals surface area (Å²) < 4.78 is 5.19. The van der Waals surface area contributed by atoms with Crippen LogP contribution in [0.5, 0.6) is 5.75 Å². The Bertz CT molecular complexity index is 363. The highest BCUT2D eigenvalue weighted by Gasteiger charge is 2.21. The number of anilines is 1. The standard InChI is InChI=1S/C9H12N2O3/c1-3-14-9-6(2)4-5-7(10)8(9)11(12)13/h4-5H,3,10H2,1-2H3. The van der Waals surface area contributed by atoms with Crippen molar-refractivity contribution in [3.05, 3.63) is 27.8 Å². The van der Waals surface area contributed by atoms with E-state index in [4.69, 9.17) is 10.5 Å². The van der Waals surface area contributed by atoms with Gasteiger partial charge in [0, 0.05) is 0 Å². The van der Waals surface area contributed by atoms with Gasteiger partial charge in [-0.3, -0.25) is 10.1 Å². The fraction of sp³-hybridized carbons (Fsp3) is 0.333. The van der Waals surface area contributed by atoms with Crippen LogP contribution in [0.2, 0.25) is 0 Å². The van der Waals surface area contributed by atoms with Gasteiger partial charge >= 0.3 is 5.69 Å². The number of benzene rings is 1. The Labute approximate surface area is 81.6 Å². The number of nitro groups is 1. The van der Waals surface area contributed by atoms with Crippen LogP contribution in [0.3, 0.4) is 0 Å². The van der Waals surface area contributed by atoms with Gasteiger partial charge in [-0.1, -0.05) is 6.07 Å². The molecule has 0 aliphatic rings. The maximum atomic E-state index is 10.7. The Kier molecular flexibility index (Phi) is 2.91. The highest BCUT2D eigenvalue weighted by Crippen LogP contribution is 2.35. The summed E-state index contributed by atoms with van der Waals surface area (Å²) in [5.74, 6) is 0.262. The summed E-state index contributed by atoms with van der Waals surface area (Å²) in [6, 6.07) is 3.21. The SMILES string of the molecule is CCOc1c(C)ccc(N)c1[N+](=O)[O-]. The summed E-state index contributed by atoms with van der Waals surface area (Å²) in [6.45, 7) is 3.90. The van der Waals surface area contributed by atoms with Crippen LogP contribution in [0.1, 0.15) is 12.5 Å². The molecule has 0 aliphatic heterocycles. The highest BCUT2D eigenvalue weighted by molar-refractivity contribution is 5.68. The number of hydrogen-bond donors (Lipinski definition) is 1. The zero-order valence-electron chi connectivity index (χ0n) is 8.11. The van der Waals surface area contributed by atoms with Gasteiger partial charge in [0.15, 0.2) is 0 Å². The Morgan fingerprint density at radius 3 is 2.71 bits per heavy atom. The molecule has 0 aliphatic carbocycles. The second-order valence-corrected chi connectivity index (χ2v) is 2.84. The van der Waals surface area contributed by atoms with Crippen molar-refractivity contribution >= 4 is 11.4 Å². The minimum atomic E-state index is -0.521. The van der Waals surface area contributed by atoms with E-state index in [-0.39, 0.29) is 17.1 Å². The molecule has 0 amide bonds. The molecule has 5 nitrogen and oxygen atoms in total. The van der Waals surface area contributed by atoms with Gasteiger partial charge in [-0.15, -0.1) is 0 Å². The third-order valence-electron chi connectivity index (χ3n) is 1.83. The lowest BCUT2D eigenvalue weighted by atomic mass is 10.1. The third-order valence-corrected chi connectivity index (χ3v) is 1.83. The molecular weight excluding hydrogens is 184 g/mol. The molecule has 0 saturated heterocycles. The van der Waals surface area contributed by atoms with Crippen LogP contribution in [-0.2, 0) is 0 Å². The Morgan fingerprint density at radius 2 is 2.21 bits per heavy atom. The van der Waals surface area contributed by atoms with Crippen LogP contribution in [0.25, 0.3) is 0 Å². The van der Waals surface area contributed by atoms with Crippen LogP contribution < -0.4 is 10.5 Å². The first-order valence-electron chi connectivity index (χ1n) is 4.24. The van der Waals surface area contributed by atoms with Crippen LogP contribution in [0, 0.1) is 17.0 Å². The predicted octanol–water partition coefficient (Wildman–Crippen LogP) is 1.88. The number of nitrogen functional groups attached to an aromatic ring is 1. The average molecular weight is 196 g/mol. The summed E-state index contributed by atoms with van der Waals surface area (Å²) in [6.07, 6.45) is 0. The van der Waals surface area contributed by atoms with Gasteiger partial charge in [-0.05, 0) is 25.5 Å². The number of nitro benzene ring substituents is 1. The van der Waals surface area contributed by atoms with E-state index in [2.05, 4.69) is 0 Å². The van der Waals surface area contributed by atoms with Gasteiger partial charge in [0.1, 0.15) is 5.69 Å². The first kappa shape index (κ1) is 10.3. The normalized spacial score (nSPS) is 9.86. The topological polar surface area (TPSA) is 78.4 Å². The molecule has 2 N–H and O–H groups in total. The lowest BCUT2D eigenvalue weighted by Crippen LogP contribution is -2.02. The van der Waals surface area contributed by atoms with Crippen LogP contribution in [-0.4, -0.2) is 11.5 Å². The summed E-state index contributed by atoms with van der Waals surface area (Å²) in [5, 5.41) is 10.7. The van der Waals surface area contributed by atoms with E-state index in [1.165, 1.54) is 6.07 Å². The van der Waals surface area contributed by atoms with Crippen molar-refractivity contribution in [2.75, 3.05) is 12.3 Å². The molecule has 14 heavy (non-hydrogen) atoms. The minimum absolute atomic E-state index is 0.129. The molecule has 0 saturated carbocycles. The third kappa shape index (κ3) is 1.76. The van der Waals surface area contributed by atoms with E-state index in [1.807, 2.05) is 0 Å². The van der Waals surface area contributed by atoms with E-state index < -0.39 is 4.92 Å². The Hall–Kier alpha value is -1.78. The lowest BCUT2D eigenvalue weighted by molar-refractivity contribution is -0.384. The summed E-state index contributed by atoms with van der Waals surface area (Å²) in [5.41, 5.74) is 6.20. The summed E-state index contributed by atoms with van der Waals surface area (Å²) in [7, 11) is 0. The van der Waals surface area contributed by atoms with Gasteiger partial charge in [0.05, 0.1) is 11.5 Å². The second-order valence-electron chi connectivity index (χ2n) is 2.84. The quantitative estimate of drug-likeness (QED) is 0.454. The molecule has 76 valence electrons. The van der Waals surface area contributed by atoms with E-state index in [0.29, 0.717) is 12.2 Å². The van der Waals surface area contributed by atoms with Crippen molar-refractivity contribution < 1.29 is 9.66 Å². The zero-order valence-corrected chi connectivity index (χ0v) is 8.11. The molecule has 1 aromatic rings. The number of nitrogens with two attached hydrogens (primary N) is 1. The van der Waals surface area contributed by atoms with Gasteiger partial charge in [-0.2, -0.15) is 0 Å². The van der Waals surface area contributed by atoms with Gasteiger partial charge in [0.2, 0.25) is 5.75 Å². The Morgan fingerprint density at radius 1 is 1.57 bits per heavy atom. The highest BCUT2D eigenvalue weighted by atomic mass is 16.6. The molecule has 0 atom stereocenters. The van der Waals surface area contributed by atoms with E-state index in [9.17, 15) is 10.1 Å². The summed E-state index contributed by atoms with van der Waals surface area (Å²) >= 11 is 0. The molecule has 0 bridgehead atoms. The van der Waals surface area contributed by atoms with Crippen molar-refractivity contribution in [2.24, 2.45) is 0 Å². The van der Waals surface area contributed by atoms with E-state index in [0.717, 1.165) is 0 Å². The van der Waals surface area contributed by atoms with Crippen molar-refractivity contribution in [1.29, 1.82) is 0 Å². The van der Waals surface area contributed by atoms with Crippen molar-refractivity contribution in [1.82, 2.24) is 0 Å². The zero-order chi connectivity index (χ0) is 10.7. The second kappa shape index (κ2) is 3.95. The molecule has 0 spiro atoms. The fourth-order valence-corrected chi connectivity index (χ4v) is 1.20. The van der Waals surface area contributed by atoms with Gasteiger partial charge < -0.3 is 10.5 Å². The van der Waals surface area contributed by atoms with Crippen molar-refractivity contribution in [3.8, 4) is 5.75 Å². The van der Waals surface area contributed by atoms with Crippen LogP contribution in [0.15, 0.2) is 12.1 Å².